The highest BCUT2D eigenvalue weighted by Crippen LogP contribution is 2.36. The molecule has 2 atom stereocenters. The van der Waals surface area contributed by atoms with Gasteiger partial charge in [0.2, 0.25) is 11.7 Å². The van der Waals surface area contributed by atoms with Crippen molar-refractivity contribution >= 4 is 46.5 Å². The number of hydrogen-bond acceptors (Lipinski definition) is 4. The third kappa shape index (κ3) is 4.21. The van der Waals surface area contributed by atoms with E-state index in [-0.39, 0.29) is 29.7 Å². The molecule has 28 heavy (non-hydrogen) atoms. The van der Waals surface area contributed by atoms with E-state index in [0.29, 0.717) is 22.7 Å². The van der Waals surface area contributed by atoms with Gasteiger partial charge in [0.05, 0.1) is 21.7 Å². The van der Waals surface area contributed by atoms with Crippen molar-refractivity contribution in [2.24, 2.45) is 5.92 Å². The van der Waals surface area contributed by atoms with Gasteiger partial charge in [-0.05, 0) is 18.6 Å². The Morgan fingerprint density at radius 2 is 1.86 bits per heavy atom. The second-order valence-electron chi connectivity index (χ2n) is 6.54. The van der Waals surface area contributed by atoms with E-state index in [0.717, 1.165) is 0 Å². The van der Waals surface area contributed by atoms with Crippen molar-refractivity contribution < 1.29 is 19.1 Å². The van der Waals surface area contributed by atoms with Crippen LogP contribution in [0.25, 0.3) is 0 Å². The quantitative estimate of drug-likeness (QED) is 0.508. The first kappa shape index (κ1) is 20.4. The molecule has 146 valence electrons. The average Bonchev–Trinajstić information content (AvgIpc) is 3.10. The number of benzene rings is 2. The van der Waals surface area contributed by atoms with Crippen molar-refractivity contribution in [3.05, 3.63) is 64.1 Å². The lowest BCUT2D eigenvalue weighted by atomic mass is 10.0. The summed E-state index contributed by atoms with van der Waals surface area (Å²) in [6, 6.07) is 13.7. The second-order valence-corrected chi connectivity index (χ2v) is 7.33. The van der Waals surface area contributed by atoms with E-state index < -0.39 is 18.0 Å². The second kappa shape index (κ2) is 8.76. The standard InChI is InChI=1S/C21H19Cl2NO4/c1-2-17(20(26)13-7-4-3-5-8-13)28-21(27)14-11-18(25)24(12-14)16-10-6-9-15(22)19(16)23/h3-10,14,17H,2,11-12H2,1H3/t14-,17+/m0/s1. The zero-order valence-corrected chi connectivity index (χ0v) is 16.7. The number of anilines is 1. The number of amides is 1. The van der Waals surface area contributed by atoms with E-state index in [4.69, 9.17) is 27.9 Å². The largest absolute Gasteiger partial charge is 0.454 e. The summed E-state index contributed by atoms with van der Waals surface area (Å²) in [5.74, 6) is -1.73. The van der Waals surface area contributed by atoms with E-state index in [1.54, 1.807) is 49.4 Å². The Morgan fingerprint density at radius 1 is 1.14 bits per heavy atom. The van der Waals surface area contributed by atoms with Gasteiger partial charge >= 0.3 is 5.97 Å². The lowest BCUT2D eigenvalue weighted by Crippen LogP contribution is -2.31. The van der Waals surface area contributed by atoms with Crippen molar-refractivity contribution in [2.45, 2.75) is 25.9 Å². The molecule has 0 aromatic heterocycles. The fourth-order valence-electron chi connectivity index (χ4n) is 3.15. The van der Waals surface area contributed by atoms with Crippen LogP contribution >= 0.6 is 23.2 Å². The Balaban J connectivity index is 1.70. The molecule has 1 saturated heterocycles. The van der Waals surface area contributed by atoms with Crippen LogP contribution in [0.5, 0.6) is 0 Å². The summed E-state index contributed by atoms with van der Waals surface area (Å²) in [4.78, 5) is 39.0. The fraction of sp³-hybridized carbons (Fsp3) is 0.286. The highest BCUT2D eigenvalue weighted by molar-refractivity contribution is 6.44. The zero-order chi connectivity index (χ0) is 20.3. The van der Waals surface area contributed by atoms with Crippen LogP contribution in [0.1, 0.15) is 30.1 Å². The number of halogens is 2. The zero-order valence-electron chi connectivity index (χ0n) is 15.2. The van der Waals surface area contributed by atoms with E-state index in [2.05, 4.69) is 0 Å². The van der Waals surface area contributed by atoms with Crippen molar-refractivity contribution in [3.8, 4) is 0 Å². The summed E-state index contributed by atoms with van der Waals surface area (Å²) in [5.41, 5.74) is 0.943. The minimum atomic E-state index is -0.881. The molecule has 1 aliphatic heterocycles. The number of hydrogen-bond donors (Lipinski definition) is 0. The maximum atomic E-state index is 12.6. The molecule has 7 heteroatoms. The molecule has 2 aromatic carbocycles. The summed E-state index contributed by atoms with van der Waals surface area (Å²) < 4.78 is 5.46. The van der Waals surface area contributed by atoms with Crippen LogP contribution in [0.4, 0.5) is 5.69 Å². The molecule has 3 rings (SSSR count). The Morgan fingerprint density at radius 3 is 2.54 bits per heavy atom. The third-order valence-corrected chi connectivity index (χ3v) is 5.47. The van der Waals surface area contributed by atoms with Gasteiger partial charge in [-0.1, -0.05) is 66.5 Å². The van der Waals surface area contributed by atoms with Gasteiger partial charge in [0.15, 0.2) is 6.10 Å². The lowest BCUT2D eigenvalue weighted by Gasteiger charge is -2.20. The predicted octanol–water partition coefficient (Wildman–Crippen LogP) is 4.55. The van der Waals surface area contributed by atoms with Crippen molar-refractivity contribution in [1.29, 1.82) is 0 Å². The molecule has 0 aliphatic carbocycles. The van der Waals surface area contributed by atoms with Crippen LogP contribution < -0.4 is 4.90 Å². The first-order valence-corrected chi connectivity index (χ1v) is 9.72. The van der Waals surface area contributed by atoms with Gasteiger partial charge in [-0.2, -0.15) is 0 Å². The monoisotopic (exact) mass is 419 g/mol. The number of esters is 1. The SMILES string of the molecule is CC[C@@H](OC(=O)[C@H]1CC(=O)N(c2cccc(Cl)c2Cl)C1)C(=O)c1ccccc1. The first-order valence-electron chi connectivity index (χ1n) is 8.96. The highest BCUT2D eigenvalue weighted by atomic mass is 35.5. The van der Waals surface area contributed by atoms with Crippen molar-refractivity contribution in [3.63, 3.8) is 0 Å². The Kier molecular flexibility index (Phi) is 6.37. The van der Waals surface area contributed by atoms with Gasteiger partial charge in [0, 0.05) is 18.5 Å². The van der Waals surface area contributed by atoms with Gasteiger partial charge in [-0.3, -0.25) is 14.4 Å². The van der Waals surface area contributed by atoms with Crippen LogP contribution in [0.15, 0.2) is 48.5 Å². The smallest absolute Gasteiger partial charge is 0.312 e. The van der Waals surface area contributed by atoms with Gasteiger partial charge in [0.25, 0.3) is 0 Å². The minimum Gasteiger partial charge on any atom is -0.454 e. The molecule has 5 nitrogen and oxygen atoms in total. The number of Topliss-reactive ketones (excluding diaryl/α,β-unsaturated/α-hetero) is 1. The van der Waals surface area contributed by atoms with Crippen molar-refractivity contribution in [1.82, 2.24) is 0 Å². The first-order chi connectivity index (χ1) is 13.4. The Hall–Kier alpha value is -2.37. The summed E-state index contributed by atoms with van der Waals surface area (Å²) in [7, 11) is 0. The van der Waals surface area contributed by atoms with Gasteiger partial charge < -0.3 is 9.64 Å². The molecule has 1 amide bonds. The van der Waals surface area contributed by atoms with Crippen molar-refractivity contribution in [2.75, 3.05) is 11.4 Å². The number of ketones is 1. The molecule has 0 spiro atoms. The molecule has 1 heterocycles. The molecule has 0 saturated carbocycles. The molecule has 1 aliphatic rings. The van der Waals surface area contributed by atoms with Crippen LogP contribution in [0.2, 0.25) is 10.0 Å². The Labute approximate surface area is 173 Å². The number of carbonyl (C=O) groups excluding carboxylic acids is 3. The highest BCUT2D eigenvalue weighted by Gasteiger charge is 2.38. The summed E-state index contributed by atoms with van der Waals surface area (Å²) >= 11 is 12.2. The van der Waals surface area contributed by atoms with Gasteiger partial charge in [-0.25, -0.2) is 0 Å². The number of ether oxygens (including phenoxy) is 1. The predicted molar refractivity (Wildman–Crippen MR) is 108 cm³/mol. The molecule has 2 aromatic rings. The fourth-order valence-corrected chi connectivity index (χ4v) is 3.54. The third-order valence-electron chi connectivity index (χ3n) is 4.66. The number of nitrogens with zero attached hydrogens (tertiary/aromatic N) is 1. The average molecular weight is 420 g/mol. The minimum absolute atomic E-state index is 0.00234. The molecule has 0 radical (unpaired) electrons. The molecular formula is C21H19Cl2NO4. The van der Waals surface area contributed by atoms with Crippen LogP contribution in [-0.2, 0) is 14.3 Å². The van der Waals surface area contributed by atoms with Crippen LogP contribution in [0, 0.1) is 5.92 Å². The normalized spacial score (nSPS) is 17.5. The van der Waals surface area contributed by atoms with Gasteiger partial charge in [0.1, 0.15) is 0 Å². The molecule has 0 N–H and O–H groups in total. The van der Waals surface area contributed by atoms with E-state index >= 15 is 0 Å². The topological polar surface area (TPSA) is 63.7 Å². The Bertz CT molecular complexity index is 901. The summed E-state index contributed by atoms with van der Waals surface area (Å²) in [6.07, 6.45) is -0.532. The lowest BCUT2D eigenvalue weighted by molar-refractivity contribution is -0.151. The summed E-state index contributed by atoms with van der Waals surface area (Å²) in [5, 5.41) is 0.592. The van der Waals surface area contributed by atoms with Gasteiger partial charge in [-0.15, -0.1) is 0 Å². The molecule has 1 fully saturated rings. The number of rotatable bonds is 6. The molecule has 0 bridgehead atoms. The number of carbonyl (C=O) groups is 3. The maximum absolute atomic E-state index is 12.6. The van der Waals surface area contributed by atoms with E-state index in [1.807, 2.05) is 6.07 Å². The maximum Gasteiger partial charge on any atom is 0.312 e. The van der Waals surface area contributed by atoms with E-state index in [1.165, 1.54) is 4.90 Å². The summed E-state index contributed by atoms with van der Waals surface area (Å²) in [6.45, 7) is 1.91. The van der Waals surface area contributed by atoms with E-state index in [9.17, 15) is 14.4 Å². The van der Waals surface area contributed by atoms with Crippen LogP contribution in [-0.4, -0.2) is 30.3 Å². The van der Waals surface area contributed by atoms with Crippen LogP contribution in [0.3, 0.4) is 0 Å². The molecule has 0 unspecified atom stereocenters. The molecular weight excluding hydrogens is 401 g/mol.